The smallest absolute Gasteiger partial charge is 0.335 e. The number of anilines is 1. The van der Waals surface area contributed by atoms with Crippen LogP contribution < -0.4 is 11.3 Å². The second-order valence-electron chi connectivity index (χ2n) is 2.03. The van der Waals surface area contributed by atoms with Gasteiger partial charge in [-0.3, -0.25) is 5.84 Å². The highest BCUT2D eigenvalue weighted by atomic mass is 35.5. The lowest BCUT2D eigenvalue weighted by molar-refractivity contribution is 0.0697. The van der Waals surface area contributed by atoms with Gasteiger partial charge >= 0.3 is 5.97 Å². The fourth-order valence-corrected chi connectivity index (χ4v) is 0.742. The van der Waals surface area contributed by atoms with Gasteiger partial charge in [-0.25, -0.2) is 4.79 Å². The molecule has 0 saturated heterocycles. The van der Waals surface area contributed by atoms with Gasteiger partial charge in [-0.2, -0.15) is 0 Å². The van der Waals surface area contributed by atoms with Gasteiger partial charge in [0.05, 0.1) is 5.56 Å². The van der Waals surface area contributed by atoms with Crippen molar-refractivity contribution in [2.45, 2.75) is 0 Å². The second-order valence-corrected chi connectivity index (χ2v) is 2.03. The van der Waals surface area contributed by atoms with E-state index in [1.807, 2.05) is 0 Å². The van der Waals surface area contributed by atoms with Crippen molar-refractivity contribution >= 4 is 24.1 Å². The molecule has 1 aromatic rings. The standard InChI is InChI=1S/C7H8N2O2.ClH/c8-9-6-3-1-2-5(4-6)7(10)11;/h1-4,9H,8H2,(H,10,11);1H. The van der Waals surface area contributed by atoms with Crippen LogP contribution in [0.2, 0.25) is 0 Å². The lowest BCUT2D eigenvalue weighted by atomic mass is 10.2. The summed E-state index contributed by atoms with van der Waals surface area (Å²) in [6.07, 6.45) is 0. The highest BCUT2D eigenvalue weighted by Gasteiger charge is 2.00. The summed E-state index contributed by atoms with van der Waals surface area (Å²) >= 11 is 0. The molecule has 0 saturated carbocycles. The third-order valence-electron chi connectivity index (χ3n) is 1.28. The number of nitrogens with one attached hydrogen (secondary N) is 1. The summed E-state index contributed by atoms with van der Waals surface area (Å²) < 4.78 is 0. The molecule has 4 nitrogen and oxygen atoms in total. The molecular formula is C7H9ClN2O2. The van der Waals surface area contributed by atoms with Crippen molar-refractivity contribution in [1.29, 1.82) is 0 Å². The zero-order valence-electron chi connectivity index (χ0n) is 6.15. The lowest BCUT2D eigenvalue weighted by Gasteiger charge is -1.99. The van der Waals surface area contributed by atoms with Crippen LogP contribution in [-0.2, 0) is 0 Å². The topological polar surface area (TPSA) is 75.3 Å². The quantitative estimate of drug-likeness (QED) is 0.480. The molecule has 0 fully saturated rings. The first-order valence-corrected chi connectivity index (χ1v) is 3.04. The summed E-state index contributed by atoms with van der Waals surface area (Å²) in [4.78, 5) is 10.4. The van der Waals surface area contributed by atoms with Gasteiger partial charge in [0.2, 0.25) is 0 Å². The third kappa shape index (κ3) is 2.41. The Morgan fingerprint density at radius 2 is 2.17 bits per heavy atom. The minimum atomic E-state index is -0.956. The Hall–Kier alpha value is -1.26. The molecule has 0 spiro atoms. The summed E-state index contributed by atoms with van der Waals surface area (Å²) in [5, 5.41) is 8.54. The number of nitrogen functional groups attached to an aromatic ring is 1. The van der Waals surface area contributed by atoms with Crippen molar-refractivity contribution in [3.63, 3.8) is 0 Å². The van der Waals surface area contributed by atoms with Gasteiger partial charge in [0.1, 0.15) is 0 Å². The maximum Gasteiger partial charge on any atom is 0.335 e. The maximum atomic E-state index is 10.4. The van der Waals surface area contributed by atoms with E-state index in [0.717, 1.165) is 0 Å². The molecule has 4 N–H and O–H groups in total. The minimum absolute atomic E-state index is 0. The minimum Gasteiger partial charge on any atom is -0.478 e. The summed E-state index contributed by atoms with van der Waals surface area (Å²) in [5.41, 5.74) is 3.17. The van der Waals surface area contributed by atoms with E-state index in [9.17, 15) is 4.79 Å². The number of carboxylic acid groups (broad SMARTS) is 1. The molecule has 0 unspecified atom stereocenters. The molecule has 12 heavy (non-hydrogen) atoms. The number of rotatable bonds is 2. The predicted molar refractivity (Wildman–Crippen MR) is 48.5 cm³/mol. The first kappa shape index (κ1) is 10.7. The Kier molecular flexibility index (Phi) is 4.10. The summed E-state index contributed by atoms with van der Waals surface area (Å²) in [6.45, 7) is 0. The van der Waals surface area contributed by atoms with Gasteiger partial charge < -0.3 is 10.5 Å². The summed E-state index contributed by atoms with van der Waals surface area (Å²) in [6, 6.07) is 6.27. The van der Waals surface area contributed by atoms with Gasteiger partial charge in [0.15, 0.2) is 0 Å². The first-order valence-electron chi connectivity index (χ1n) is 3.04. The van der Waals surface area contributed by atoms with E-state index in [4.69, 9.17) is 10.9 Å². The number of hydrazine groups is 1. The van der Waals surface area contributed by atoms with E-state index < -0.39 is 5.97 Å². The highest BCUT2D eigenvalue weighted by Crippen LogP contribution is 2.08. The van der Waals surface area contributed by atoms with E-state index in [1.165, 1.54) is 12.1 Å². The Bertz CT molecular complexity index is 278. The van der Waals surface area contributed by atoms with Crippen molar-refractivity contribution in [3.8, 4) is 0 Å². The molecule has 0 aromatic heterocycles. The second kappa shape index (κ2) is 4.58. The molecule has 0 aliphatic carbocycles. The molecule has 0 aliphatic rings. The SMILES string of the molecule is Cl.NNc1cccc(C(=O)O)c1. The fourth-order valence-electron chi connectivity index (χ4n) is 0.742. The molecular weight excluding hydrogens is 180 g/mol. The van der Waals surface area contributed by atoms with Crippen LogP contribution in [0.25, 0.3) is 0 Å². The van der Waals surface area contributed by atoms with Gasteiger partial charge in [-0.05, 0) is 18.2 Å². The summed E-state index contributed by atoms with van der Waals surface area (Å²) in [7, 11) is 0. The Labute approximate surface area is 75.8 Å². The average Bonchev–Trinajstić information content (AvgIpc) is 2.05. The van der Waals surface area contributed by atoms with Crippen molar-refractivity contribution < 1.29 is 9.90 Å². The number of hydrogen-bond donors (Lipinski definition) is 3. The Morgan fingerprint density at radius 3 is 2.67 bits per heavy atom. The van der Waals surface area contributed by atoms with Gasteiger partial charge in [-0.1, -0.05) is 6.07 Å². The molecule has 5 heteroatoms. The fraction of sp³-hybridized carbons (Fsp3) is 0. The molecule has 0 bridgehead atoms. The molecule has 0 atom stereocenters. The van der Waals surface area contributed by atoms with E-state index in [-0.39, 0.29) is 18.0 Å². The molecule has 1 aromatic carbocycles. The molecule has 0 amide bonds. The molecule has 0 heterocycles. The van der Waals surface area contributed by atoms with Crippen LogP contribution in [0.1, 0.15) is 10.4 Å². The third-order valence-corrected chi connectivity index (χ3v) is 1.28. The first-order chi connectivity index (χ1) is 5.24. The van der Waals surface area contributed by atoms with E-state index in [2.05, 4.69) is 5.43 Å². The van der Waals surface area contributed by atoms with Crippen LogP contribution in [0.4, 0.5) is 5.69 Å². The van der Waals surface area contributed by atoms with Crippen molar-refractivity contribution in [3.05, 3.63) is 29.8 Å². The van der Waals surface area contributed by atoms with Crippen molar-refractivity contribution in [1.82, 2.24) is 0 Å². The van der Waals surface area contributed by atoms with Gasteiger partial charge in [0.25, 0.3) is 0 Å². The van der Waals surface area contributed by atoms with Gasteiger partial charge in [-0.15, -0.1) is 12.4 Å². The van der Waals surface area contributed by atoms with E-state index in [0.29, 0.717) is 5.69 Å². The number of benzene rings is 1. The Morgan fingerprint density at radius 1 is 1.50 bits per heavy atom. The van der Waals surface area contributed by atoms with Gasteiger partial charge in [0, 0.05) is 5.69 Å². The number of carboxylic acids is 1. The molecule has 0 aliphatic heterocycles. The van der Waals surface area contributed by atoms with Crippen molar-refractivity contribution in [2.24, 2.45) is 5.84 Å². The van der Waals surface area contributed by atoms with Crippen molar-refractivity contribution in [2.75, 3.05) is 5.43 Å². The number of hydrogen-bond acceptors (Lipinski definition) is 3. The molecule has 66 valence electrons. The van der Waals surface area contributed by atoms with Crippen LogP contribution >= 0.6 is 12.4 Å². The number of aromatic carboxylic acids is 1. The van der Waals surface area contributed by atoms with Crippen LogP contribution in [-0.4, -0.2) is 11.1 Å². The number of carbonyl (C=O) groups is 1. The predicted octanol–water partition coefficient (Wildman–Crippen LogP) is 1.09. The van der Waals surface area contributed by atoms with E-state index in [1.54, 1.807) is 12.1 Å². The largest absolute Gasteiger partial charge is 0.478 e. The maximum absolute atomic E-state index is 10.4. The van der Waals surface area contributed by atoms with E-state index >= 15 is 0 Å². The number of halogens is 1. The average molecular weight is 189 g/mol. The molecule has 0 radical (unpaired) electrons. The normalized spacial score (nSPS) is 8.42. The zero-order chi connectivity index (χ0) is 8.27. The van der Waals surface area contributed by atoms with Crippen LogP contribution in [0, 0.1) is 0 Å². The monoisotopic (exact) mass is 188 g/mol. The number of nitrogens with two attached hydrogens (primary N) is 1. The summed E-state index contributed by atoms with van der Waals surface area (Å²) in [5.74, 6) is 4.12. The van der Waals surface area contributed by atoms with Crippen LogP contribution in [0.3, 0.4) is 0 Å². The zero-order valence-corrected chi connectivity index (χ0v) is 6.97. The Balaban J connectivity index is 0.00000121. The lowest BCUT2D eigenvalue weighted by Crippen LogP contribution is -2.07. The highest BCUT2D eigenvalue weighted by molar-refractivity contribution is 5.88. The van der Waals surface area contributed by atoms with Crippen LogP contribution in [0.15, 0.2) is 24.3 Å². The molecule has 1 rings (SSSR count). The van der Waals surface area contributed by atoms with Crippen LogP contribution in [0.5, 0.6) is 0 Å².